The first-order chi connectivity index (χ1) is 12.5. The largest absolute Gasteiger partial charge is 0.371 e. The molecule has 3 rings (SSSR count). The van der Waals surface area contributed by atoms with E-state index < -0.39 is 15.8 Å². The van der Waals surface area contributed by atoms with Crippen LogP contribution in [0.5, 0.6) is 0 Å². The molecule has 0 spiro atoms. The van der Waals surface area contributed by atoms with Crippen molar-refractivity contribution < 1.29 is 12.8 Å². The summed E-state index contributed by atoms with van der Waals surface area (Å²) in [5, 5.41) is 0. The number of halogens is 1. The van der Waals surface area contributed by atoms with Crippen LogP contribution in [0, 0.1) is 5.82 Å². The van der Waals surface area contributed by atoms with Gasteiger partial charge in [0.05, 0.1) is 0 Å². The number of aryl methyl sites for hydroxylation is 1. The van der Waals surface area contributed by atoms with E-state index in [4.69, 9.17) is 0 Å². The van der Waals surface area contributed by atoms with Crippen molar-refractivity contribution in [3.05, 3.63) is 59.4 Å². The number of hydrogen-bond acceptors (Lipinski definition) is 3. The molecule has 0 radical (unpaired) electrons. The van der Waals surface area contributed by atoms with E-state index in [-0.39, 0.29) is 11.4 Å². The maximum Gasteiger partial charge on any atom is 0.243 e. The smallest absolute Gasteiger partial charge is 0.243 e. The lowest BCUT2D eigenvalue weighted by Gasteiger charge is -2.31. The van der Waals surface area contributed by atoms with Gasteiger partial charge in [-0.05, 0) is 55.0 Å². The van der Waals surface area contributed by atoms with E-state index in [1.807, 2.05) is 0 Å². The number of rotatable bonds is 7. The molecular formula is C20H25FN2O2S. The summed E-state index contributed by atoms with van der Waals surface area (Å²) in [6.07, 6.45) is 3.91. The standard InChI is InChI=1S/C20H25FN2O2S/c1-2-13-23-14-5-6-17-15-16(9-10-19(17)23)11-12-22-26(24,25)20-8-4-3-7-18(20)21/h3-4,7-10,15,22H,2,5-6,11-14H2,1H3. The minimum atomic E-state index is -3.83. The molecule has 1 N–H and O–H groups in total. The zero-order valence-corrected chi connectivity index (χ0v) is 15.9. The summed E-state index contributed by atoms with van der Waals surface area (Å²) in [4.78, 5) is 2.12. The van der Waals surface area contributed by atoms with Crippen LogP contribution < -0.4 is 9.62 Å². The molecular weight excluding hydrogens is 351 g/mol. The molecule has 2 aromatic rings. The SMILES string of the molecule is CCCN1CCCc2cc(CCNS(=O)(=O)c3ccccc3F)ccc21. The number of fused-ring (bicyclic) bond motifs is 1. The summed E-state index contributed by atoms with van der Waals surface area (Å²) in [6, 6.07) is 11.8. The van der Waals surface area contributed by atoms with Crippen molar-refractivity contribution in [1.29, 1.82) is 0 Å². The van der Waals surface area contributed by atoms with Crippen molar-refractivity contribution in [2.24, 2.45) is 0 Å². The van der Waals surface area contributed by atoms with E-state index in [0.717, 1.165) is 44.0 Å². The van der Waals surface area contributed by atoms with Gasteiger partial charge < -0.3 is 4.90 Å². The summed E-state index contributed by atoms with van der Waals surface area (Å²) in [6.45, 7) is 4.59. The fraction of sp³-hybridized carbons (Fsp3) is 0.400. The van der Waals surface area contributed by atoms with Crippen molar-refractivity contribution in [3.8, 4) is 0 Å². The van der Waals surface area contributed by atoms with Gasteiger partial charge in [0, 0.05) is 25.3 Å². The van der Waals surface area contributed by atoms with Crippen molar-refractivity contribution in [3.63, 3.8) is 0 Å². The van der Waals surface area contributed by atoms with Gasteiger partial charge in [-0.2, -0.15) is 0 Å². The zero-order chi connectivity index (χ0) is 18.6. The van der Waals surface area contributed by atoms with Gasteiger partial charge in [0.1, 0.15) is 10.7 Å². The van der Waals surface area contributed by atoms with Crippen molar-refractivity contribution in [2.75, 3.05) is 24.5 Å². The van der Waals surface area contributed by atoms with Gasteiger partial charge in [-0.25, -0.2) is 17.5 Å². The molecule has 1 aliphatic rings. The molecule has 0 atom stereocenters. The minimum Gasteiger partial charge on any atom is -0.371 e. The second kappa shape index (κ2) is 8.18. The second-order valence-corrected chi connectivity index (χ2v) is 8.37. The summed E-state index contributed by atoms with van der Waals surface area (Å²) < 4.78 is 40.7. The Labute approximate surface area is 155 Å². The number of anilines is 1. The second-order valence-electron chi connectivity index (χ2n) is 6.63. The van der Waals surface area contributed by atoms with Crippen LogP contribution >= 0.6 is 0 Å². The lowest BCUT2D eigenvalue weighted by molar-refractivity contribution is 0.557. The molecule has 0 fully saturated rings. The van der Waals surface area contributed by atoms with Crippen molar-refractivity contribution in [1.82, 2.24) is 4.72 Å². The predicted molar refractivity (Wildman–Crippen MR) is 103 cm³/mol. The van der Waals surface area contributed by atoms with Gasteiger partial charge in [0.25, 0.3) is 0 Å². The number of sulfonamides is 1. The quantitative estimate of drug-likeness (QED) is 0.804. The van der Waals surface area contributed by atoms with Gasteiger partial charge in [0.2, 0.25) is 10.0 Å². The molecule has 1 aliphatic heterocycles. The van der Waals surface area contributed by atoms with Gasteiger partial charge in [-0.3, -0.25) is 0 Å². The third kappa shape index (κ3) is 4.24. The topological polar surface area (TPSA) is 49.4 Å². The Morgan fingerprint density at radius 1 is 1.19 bits per heavy atom. The van der Waals surface area contributed by atoms with E-state index in [1.54, 1.807) is 0 Å². The highest BCUT2D eigenvalue weighted by molar-refractivity contribution is 7.89. The molecule has 0 aromatic heterocycles. The monoisotopic (exact) mass is 376 g/mol. The fourth-order valence-electron chi connectivity index (χ4n) is 3.46. The predicted octanol–water partition coefficient (Wildman–Crippen LogP) is 3.51. The van der Waals surface area contributed by atoms with Crippen LogP contribution in [-0.4, -0.2) is 28.1 Å². The molecule has 0 bridgehead atoms. The summed E-state index contributed by atoms with van der Waals surface area (Å²) >= 11 is 0. The average molecular weight is 376 g/mol. The molecule has 140 valence electrons. The highest BCUT2D eigenvalue weighted by Gasteiger charge is 2.19. The normalized spacial score (nSPS) is 14.3. The first kappa shape index (κ1) is 18.9. The molecule has 0 unspecified atom stereocenters. The molecule has 26 heavy (non-hydrogen) atoms. The summed E-state index contributed by atoms with van der Waals surface area (Å²) in [5.41, 5.74) is 3.73. The molecule has 0 aliphatic carbocycles. The van der Waals surface area contributed by atoms with E-state index >= 15 is 0 Å². The van der Waals surface area contributed by atoms with Crippen LogP contribution in [0.15, 0.2) is 47.4 Å². The van der Waals surface area contributed by atoms with E-state index in [2.05, 4.69) is 34.7 Å². The van der Waals surface area contributed by atoms with Crippen molar-refractivity contribution in [2.45, 2.75) is 37.5 Å². The minimum absolute atomic E-state index is 0.244. The maximum absolute atomic E-state index is 13.7. The molecule has 6 heteroatoms. The van der Waals surface area contributed by atoms with Crippen LogP contribution in [0.25, 0.3) is 0 Å². The van der Waals surface area contributed by atoms with Crippen LogP contribution in [0.2, 0.25) is 0 Å². The summed E-state index contributed by atoms with van der Waals surface area (Å²) in [7, 11) is -3.83. The Morgan fingerprint density at radius 2 is 2.00 bits per heavy atom. The van der Waals surface area contributed by atoms with Gasteiger partial charge in [-0.15, -0.1) is 0 Å². The maximum atomic E-state index is 13.7. The highest BCUT2D eigenvalue weighted by Crippen LogP contribution is 2.28. The zero-order valence-electron chi connectivity index (χ0n) is 15.0. The molecule has 2 aromatic carbocycles. The lowest BCUT2D eigenvalue weighted by atomic mass is 9.98. The third-order valence-corrected chi connectivity index (χ3v) is 6.18. The molecule has 1 heterocycles. The molecule has 0 saturated carbocycles. The van der Waals surface area contributed by atoms with Crippen molar-refractivity contribution >= 4 is 15.7 Å². The van der Waals surface area contributed by atoms with Gasteiger partial charge >= 0.3 is 0 Å². The third-order valence-electron chi connectivity index (χ3n) is 4.68. The van der Waals surface area contributed by atoms with E-state index in [1.165, 1.54) is 29.4 Å². The molecule has 0 saturated heterocycles. The number of hydrogen-bond donors (Lipinski definition) is 1. The van der Waals surface area contributed by atoms with Crippen LogP contribution in [0.1, 0.15) is 30.9 Å². The van der Waals surface area contributed by atoms with Crippen LogP contribution in [0.4, 0.5) is 10.1 Å². The number of nitrogens with one attached hydrogen (secondary N) is 1. The Morgan fingerprint density at radius 3 is 2.77 bits per heavy atom. The van der Waals surface area contributed by atoms with E-state index in [9.17, 15) is 12.8 Å². The highest BCUT2D eigenvalue weighted by atomic mass is 32.2. The molecule has 0 amide bonds. The number of nitrogens with zero attached hydrogens (tertiary/aromatic N) is 1. The average Bonchev–Trinajstić information content (AvgIpc) is 2.62. The van der Waals surface area contributed by atoms with E-state index in [0.29, 0.717) is 6.42 Å². The first-order valence-corrected chi connectivity index (χ1v) is 10.6. The summed E-state index contributed by atoms with van der Waals surface area (Å²) in [5.74, 6) is -0.732. The van der Waals surface area contributed by atoms with Gasteiger partial charge in [0.15, 0.2) is 0 Å². The number of benzene rings is 2. The Balaban J connectivity index is 1.65. The molecule has 4 nitrogen and oxygen atoms in total. The fourth-order valence-corrected chi connectivity index (χ4v) is 4.57. The van der Waals surface area contributed by atoms with Gasteiger partial charge in [-0.1, -0.05) is 31.2 Å². The first-order valence-electron chi connectivity index (χ1n) is 9.12. The lowest BCUT2D eigenvalue weighted by Crippen LogP contribution is -2.30. The van der Waals surface area contributed by atoms with Crippen LogP contribution in [-0.2, 0) is 22.9 Å². The van der Waals surface area contributed by atoms with Crippen LogP contribution in [0.3, 0.4) is 0 Å². The Bertz CT molecular complexity index is 868. The Kier molecular flexibility index (Phi) is 5.94. The Hall–Kier alpha value is -1.92.